The number of thioether (sulfide) groups is 1. The third-order valence-electron chi connectivity index (χ3n) is 4.62. The highest BCUT2D eigenvalue weighted by atomic mass is 79.9. The summed E-state index contributed by atoms with van der Waals surface area (Å²) in [4.78, 5) is 20.7. The van der Waals surface area contributed by atoms with E-state index in [9.17, 15) is 4.79 Å². The zero-order valence-electron chi connectivity index (χ0n) is 15.5. The van der Waals surface area contributed by atoms with Gasteiger partial charge >= 0.3 is 0 Å². The summed E-state index contributed by atoms with van der Waals surface area (Å²) in [6.07, 6.45) is 0. The minimum atomic E-state index is -0.0679. The molecule has 2 heterocycles. The fourth-order valence-electron chi connectivity index (χ4n) is 3.26. The van der Waals surface area contributed by atoms with Gasteiger partial charge in [0.15, 0.2) is 0 Å². The summed E-state index contributed by atoms with van der Waals surface area (Å²) in [7, 11) is 1.66. The van der Waals surface area contributed by atoms with Crippen LogP contribution in [0.4, 0.5) is 0 Å². The monoisotopic (exact) mass is 474 g/mol. The standard InChI is InChI=1S/C21H19BrN2O2S2/c1-13-18(28-19(23-13)14-6-4-3-5-7-14)20(25)24-10-11-27-21(24)16-12-15(22)8-9-17(16)26-2/h3-9,12,21H,10-11H2,1-2H3. The molecule has 1 aliphatic rings. The SMILES string of the molecule is COc1ccc(Br)cc1C1SCCN1C(=O)c1sc(-c2ccccc2)nc1C. The van der Waals surface area contributed by atoms with E-state index in [0.29, 0.717) is 11.4 Å². The number of halogens is 1. The maximum Gasteiger partial charge on any atom is 0.267 e. The number of hydrogen-bond donors (Lipinski definition) is 0. The van der Waals surface area contributed by atoms with Crippen molar-refractivity contribution in [1.29, 1.82) is 0 Å². The second kappa shape index (κ2) is 8.27. The number of aromatic nitrogens is 1. The Balaban J connectivity index is 1.67. The Hall–Kier alpha value is -1.83. The summed E-state index contributed by atoms with van der Waals surface area (Å²) in [5, 5.41) is 0.812. The van der Waals surface area contributed by atoms with Gasteiger partial charge < -0.3 is 9.64 Å². The van der Waals surface area contributed by atoms with Gasteiger partial charge in [0.1, 0.15) is 21.0 Å². The zero-order valence-corrected chi connectivity index (χ0v) is 18.7. The first kappa shape index (κ1) is 19.5. The van der Waals surface area contributed by atoms with Crippen LogP contribution in [0.1, 0.15) is 26.3 Å². The zero-order chi connectivity index (χ0) is 19.7. The van der Waals surface area contributed by atoms with Crippen LogP contribution in [0.3, 0.4) is 0 Å². The van der Waals surface area contributed by atoms with Crippen LogP contribution in [0.25, 0.3) is 10.6 Å². The molecule has 1 amide bonds. The quantitative estimate of drug-likeness (QED) is 0.480. The van der Waals surface area contributed by atoms with E-state index in [2.05, 4.69) is 20.9 Å². The van der Waals surface area contributed by atoms with Gasteiger partial charge in [-0.1, -0.05) is 46.3 Å². The van der Waals surface area contributed by atoms with Crippen molar-refractivity contribution >= 4 is 44.9 Å². The number of thiazole rings is 1. The van der Waals surface area contributed by atoms with Crippen molar-refractivity contribution in [3.63, 3.8) is 0 Å². The van der Waals surface area contributed by atoms with Gasteiger partial charge in [-0.15, -0.1) is 23.1 Å². The van der Waals surface area contributed by atoms with E-state index < -0.39 is 0 Å². The lowest BCUT2D eigenvalue weighted by Crippen LogP contribution is -2.30. The number of benzene rings is 2. The van der Waals surface area contributed by atoms with E-state index in [4.69, 9.17) is 4.74 Å². The number of carbonyl (C=O) groups excluding carboxylic acids is 1. The smallest absolute Gasteiger partial charge is 0.267 e. The highest BCUT2D eigenvalue weighted by Crippen LogP contribution is 2.44. The molecule has 0 bridgehead atoms. The molecule has 1 aliphatic heterocycles. The first-order valence-electron chi connectivity index (χ1n) is 8.87. The molecule has 0 aliphatic carbocycles. The number of nitrogens with zero attached hydrogens (tertiary/aromatic N) is 2. The van der Waals surface area contributed by atoms with E-state index in [-0.39, 0.29) is 11.3 Å². The first-order valence-corrected chi connectivity index (χ1v) is 11.5. The van der Waals surface area contributed by atoms with Gasteiger partial charge in [0, 0.05) is 27.9 Å². The van der Waals surface area contributed by atoms with E-state index in [1.54, 1.807) is 18.9 Å². The number of hydrogen-bond acceptors (Lipinski definition) is 5. The van der Waals surface area contributed by atoms with Crippen LogP contribution in [0.15, 0.2) is 53.0 Å². The van der Waals surface area contributed by atoms with Crippen molar-refractivity contribution in [3.8, 4) is 16.3 Å². The molecule has 4 nitrogen and oxygen atoms in total. The Morgan fingerprint density at radius 3 is 2.79 bits per heavy atom. The predicted molar refractivity (Wildman–Crippen MR) is 119 cm³/mol. The van der Waals surface area contributed by atoms with Crippen molar-refractivity contribution in [3.05, 3.63) is 69.1 Å². The van der Waals surface area contributed by atoms with Gasteiger partial charge in [0.25, 0.3) is 5.91 Å². The van der Waals surface area contributed by atoms with Gasteiger partial charge in [-0.3, -0.25) is 4.79 Å². The number of aryl methyl sites for hydroxylation is 1. The lowest BCUT2D eigenvalue weighted by molar-refractivity contribution is 0.0763. The molecular weight excluding hydrogens is 456 g/mol. The summed E-state index contributed by atoms with van der Waals surface area (Å²) < 4.78 is 6.53. The number of amides is 1. The Morgan fingerprint density at radius 2 is 2.04 bits per heavy atom. The molecule has 1 saturated heterocycles. The molecule has 0 N–H and O–H groups in total. The second-order valence-electron chi connectivity index (χ2n) is 6.41. The molecule has 1 aromatic heterocycles. The molecule has 1 atom stereocenters. The van der Waals surface area contributed by atoms with Gasteiger partial charge in [0.2, 0.25) is 0 Å². The molecule has 4 rings (SSSR count). The normalized spacial score (nSPS) is 16.4. The van der Waals surface area contributed by atoms with Gasteiger partial charge in [0.05, 0.1) is 12.8 Å². The number of ether oxygens (including phenoxy) is 1. The lowest BCUT2D eigenvalue weighted by atomic mass is 10.1. The third-order valence-corrected chi connectivity index (χ3v) is 7.55. The van der Waals surface area contributed by atoms with Crippen LogP contribution < -0.4 is 4.74 Å². The Morgan fingerprint density at radius 1 is 1.25 bits per heavy atom. The van der Waals surface area contributed by atoms with Crippen molar-refractivity contribution in [2.75, 3.05) is 19.4 Å². The van der Waals surface area contributed by atoms with Gasteiger partial charge in [-0.05, 0) is 25.1 Å². The number of rotatable bonds is 4. The molecule has 0 saturated carbocycles. The average Bonchev–Trinajstić information content (AvgIpc) is 3.35. The van der Waals surface area contributed by atoms with Crippen LogP contribution in [0.5, 0.6) is 5.75 Å². The summed E-state index contributed by atoms with van der Waals surface area (Å²) in [5.41, 5.74) is 2.83. The van der Waals surface area contributed by atoms with Gasteiger partial charge in [-0.2, -0.15) is 0 Å². The van der Waals surface area contributed by atoms with Crippen LogP contribution in [-0.2, 0) is 0 Å². The van der Waals surface area contributed by atoms with Gasteiger partial charge in [-0.25, -0.2) is 4.98 Å². The largest absolute Gasteiger partial charge is 0.496 e. The Kier molecular flexibility index (Phi) is 5.75. The van der Waals surface area contributed by atoms with Crippen LogP contribution >= 0.6 is 39.0 Å². The maximum atomic E-state index is 13.4. The molecule has 1 unspecified atom stereocenters. The minimum absolute atomic E-state index is 0.0363. The molecular formula is C21H19BrN2O2S2. The summed E-state index contributed by atoms with van der Waals surface area (Å²) in [6.45, 7) is 2.62. The summed E-state index contributed by atoms with van der Waals surface area (Å²) in [6, 6.07) is 15.9. The van der Waals surface area contributed by atoms with Crippen molar-refractivity contribution in [1.82, 2.24) is 9.88 Å². The maximum absolute atomic E-state index is 13.4. The van der Waals surface area contributed by atoms with Crippen LogP contribution in [0.2, 0.25) is 0 Å². The fourth-order valence-corrected chi connectivity index (χ4v) is 5.94. The molecule has 0 radical (unpaired) electrons. The van der Waals surface area contributed by atoms with Crippen molar-refractivity contribution in [2.45, 2.75) is 12.3 Å². The fraction of sp³-hybridized carbons (Fsp3) is 0.238. The molecule has 3 aromatic rings. The van der Waals surface area contributed by atoms with Crippen LogP contribution in [0, 0.1) is 6.92 Å². The Labute approximate surface area is 181 Å². The van der Waals surface area contributed by atoms with E-state index in [1.165, 1.54) is 11.3 Å². The lowest BCUT2D eigenvalue weighted by Gasteiger charge is -2.25. The average molecular weight is 475 g/mol. The highest BCUT2D eigenvalue weighted by Gasteiger charge is 2.35. The number of methoxy groups -OCH3 is 1. The molecule has 1 fully saturated rings. The molecule has 2 aromatic carbocycles. The van der Waals surface area contributed by atoms with E-state index >= 15 is 0 Å². The third kappa shape index (κ3) is 3.71. The van der Waals surface area contributed by atoms with Crippen molar-refractivity contribution < 1.29 is 9.53 Å². The topological polar surface area (TPSA) is 42.4 Å². The molecule has 7 heteroatoms. The second-order valence-corrected chi connectivity index (χ2v) is 9.51. The first-order chi connectivity index (χ1) is 13.6. The molecule has 0 spiro atoms. The van der Waals surface area contributed by atoms with E-state index in [1.807, 2.05) is 60.4 Å². The predicted octanol–water partition coefficient (Wildman–Crippen LogP) is 5.78. The van der Waals surface area contributed by atoms with Crippen LogP contribution in [-0.4, -0.2) is 35.2 Å². The number of carbonyl (C=O) groups is 1. The van der Waals surface area contributed by atoms with E-state index in [0.717, 1.165) is 37.8 Å². The summed E-state index contributed by atoms with van der Waals surface area (Å²) >= 11 is 6.77. The summed E-state index contributed by atoms with van der Waals surface area (Å²) in [5.74, 6) is 1.73. The molecule has 144 valence electrons. The highest BCUT2D eigenvalue weighted by molar-refractivity contribution is 9.10. The van der Waals surface area contributed by atoms with Crippen molar-refractivity contribution in [2.24, 2.45) is 0 Å². The molecule has 28 heavy (non-hydrogen) atoms. The Bertz CT molecular complexity index is 1010. The minimum Gasteiger partial charge on any atom is -0.496 e.